The van der Waals surface area contributed by atoms with Crippen LogP contribution in [0.15, 0.2) is 11.6 Å². The van der Waals surface area contributed by atoms with Gasteiger partial charge in [-0.1, -0.05) is 27.2 Å². The molecule has 0 fully saturated rings. The van der Waals surface area contributed by atoms with Gasteiger partial charge < -0.3 is 15.7 Å². The molecule has 0 saturated heterocycles. The molecule has 1 rings (SSSR count). The first-order chi connectivity index (χ1) is 9.40. The van der Waals surface area contributed by atoms with Crippen LogP contribution >= 0.6 is 11.3 Å². The van der Waals surface area contributed by atoms with E-state index in [0.717, 1.165) is 17.8 Å². The van der Waals surface area contributed by atoms with E-state index in [1.54, 1.807) is 13.1 Å². The van der Waals surface area contributed by atoms with Gasteiger partial charge in [-0.3, -0.25) is 0 Å². The number of thiazole rings is 1. The van der Waals surface area contributed by atoms with Crippen LogP contribution in [0.4, 0.5) is 4.79 Å². The van der Waals surface area contributed by atoms with Crippen LogP contribution in [0, 0.1) is 5.92 Å². The van der Waals surface area contributed by atoms with Crippen molar-refractivity contribution in [3.05, 3.63) is 16.6 Å². The van der Waals surface area contributed by atoms with E-state index in [0.29, 0.717) is 0 Å². The zero-order valence-electron chi connectivity index (χ0n) is 12.6. The van der Waals surface area contributed by atoms with Gasteiger partial charge in [0.15, 0.2) is 0 Å². The summed E-state index contributed by atoms with van der Waals surface area (Å²) >= 11 is 1.53. The highest BCUT2D eigenvalue weighted by atomic mass is 32.1. The summed E-state index contributed by atoms with van der Waals surface area (Å²) < 4.78 is 0. The molecule has 0 aliphatic heterocycles. The van der Waals surface area contributed by atoms with Gasteiger partial charge in [-0.15, -0.1) is 11.3 Å². The van der Waals surface area contributed by atoms with Gasteiger partial charge in [-0.25, -0.2) is 9.78 Å². The summed E-state index contributed by atoms with van der Waals surface area (Å²) in [5.74, 6) is 0.128. The first-order valence-corrected chi connectivity index (χ1v) is 7.94. The maximum Gasteiger partial charge on any atom is 0.315 e. The fraction of sp³-hybridized carbons (Fsp3) is 0.714. The Morgan fingerprint density at radius 3 is 2.70 bits per heavy atom. The van der Waals surface area contributed by atoms with E-state index in [-0.39, 0.29) is 24.5 Å². The molecule has 0 aliphatic rings. The third-order valence-electron chi connectivity index (χ3n) is 3.74. The van der Waals surface area contributed by atoms with E-state index in [4.69, 9.17) is 0 Å². The molecule has 0 bridgehead atoms. The van der Waals surface area contributed by atoms with Crippen molar-refractivity contribution in [2.75, 3.05) is 6.54 Å². The zero-order chi connectivity index (χ0) is 15.2. The molecule has 2 amide bonds. The smallest absolute Gasteiger partial charge is 0.315 e. The number of aromatic nitrogens is 1. The Kier molecular flexibility index (Phi) is 6.42. The van der Waals surface area contributed by atoms with Gasteiger partial charge in [0, 0.05) is 18.1 Å². The van der Waals surface area contributed by atoms with E-state index in [1.807, 2.05) is 26.2 Å². The summed E-state index contributed by atoms with van der Waals surface area (Å²) in [5.41, 5.74) is -0.894. The number of carbonyl (C=O) groups excluding carboxylic acids is 1. The lowest BCUT2D eigenvalue weighted by Gasteiger charge is -2.30. The molecule has 3 N–H and O–H groups in total. The fourth-order valence-electron chi connectivity index (χ4n) is 1.83. The lowest BCUT2D eigenvalue weighted by atomic mass is 9.89. The van der Waals surface area contributed by atoms with Crippen LogP contribution in [-0.2, 0) is 0 Å². The third-order valence-corrected chi connectivity index (χ3v) is 4.63. The largest absolute Gasteiger partial charge is 0.388 e. The quantitative estimate of drug-likeness (QED) is 0.724. The molecule has 0 aromatic carbocycles. The van der Waals surface area contributed by atoms with Crippen LogP contribution < -0.4 is 10.6 Å². The Morgan fingerprint density at radius 2 is 2.20 bits per heavy atom. The highest BCUT2D eigenvalue weighted by Crippen LogP contribution is 2.20. The van der Waals surface area contributed by atoms with E-state index >= 15 is 0 Å². The molecule has 5 nitrogen and oxygen atoms in total. The number of nitrogens with one attached hydrogen (secondary N) is 2. The number of aliphatic hydroxyl groups is 1. The van der Waals surface area contributed by atoms with Crippen molar-refractivity contribution in [2.45, 2.75) is 52.2 Å². The maximum absolute atomic E-state index is 11.9. The molecule has 0 saturated carbocycles. The normalized spacial score (nSPS) is 17.1. The topological polar surface area (TPSA) is 74.2 Å². The second-order valence-electron chi connectivity index (χ2n) is 5.32. The van der Waals surface area contributed by atoms with Gasteiger partial charge in [-0.05, 0) is 19.3 Å². The number of hydrogen-bond acceptors (Lipinski definition) is 4. The van der Waals surface area contributed by atoms with Crippen LogP contribution in [0.2, 0.25) is 0 Å². The molecule has 20 heavy (non-hydrogen) atoms. The van der Waals surface area contributed by atoms with Gasteiger partial charge in [0.05, 0.1) is 11.6 Å². The number of hydrogen-bond donors (Lipinski definition) is 3. The number of rotatable bonds is 7. The van der Waals surface area contributed by atoms with Crippen molar-refractivity contribution in [3.63, 3.8) is 0 Å². The first kappa shape index (κ1) is 16.9. The van der Waals surface area contributed by atoms with Crippen molar-refractivity contribution in [3.8, 4) is 0 Å². The Bertz CT molecular complexity index is 407. The van der Waals surface area contributed by atoms with Crippen molar-refractivity contribution in [1.82, 2.24) is 15.6 Å². The average Bonchev–Trinajstić information content (AvgIpc) is 2.95. The minimum absolute atomic E-state index is 0.0800. The molecule has 0 aliphatic carbocycles. The van der Waals surface area contributed by atoms with E-state index in [2.05, 4.69) is 15.6 Å². The number of amides is 2. The molecule has 1 aromatic rings. The van der Waals surface area contributed by atoms with Crippen LogP contribution in [0.5, 0.6) is 0 Å². The van der Waals surface area contributed by atoms with Gasteiger partial charge in [0.2, 0.25) is 0 Å². The molecule has 6 heteroatoms. The van der Waals surface area contributed by atoms with Crippen LogP contribution in [0.1, 0.15) is 51.6 Å². The zero-order valence-corrected chi connectivity index (χ0v) is 13.5. The Hall–Kier alpha value is -1.14. The van der Waals surface area contributed by atoms with Crippen molar-refractivity contribution in [2.24, 2.45) is 5.92 Å². The van der Waals surface area contributed by atoms with E-state index in [1.165, 1.54) is 11.3 Å². The minimum Gasteiger partial charge on any atom is -0.388 e. The third kappa shape index (κ3) is 4.76. The molecule has 0 spiro atoms. The molecule has 114 valence electrons. The molecule has 1 heterocycles. The van der Waals surface area contributed by atoms with Gasteiger partial charge >= 0.3 is 6.03 Å². The highest BCUT2D eigenvalue weighted by molar-refractivity contribution is 7.09. The summed E-state index contributed by atoms with van der Waals surface area (Å²) in [4.78, 5) is 16.1. The molecule has 3 unspecified atom stereocenters. The lowest BCUT2D eigenvalue weighted by Crippen LogP contribution is -2.48. The van der Waals surface area contributed by atoms with Crippen molar-refractivity contribution < 1.29 is 9.90 Å². The van der Waals surface area contributed by atoms with E-state index in [9.17, 15) is 9.90 Å². The monoisotopic (exact) mass is 299 g/mol. The second kappa shape index (κ2) is 7.59. The van der Waals surface area contributed by atoms with Crippen LogP contribution in [-0.4, -0.2) is 28.3 Å². The molecular weight excluding hydrogens is 274 g/mol. The summed E-state index contributed by atoms with van der Waals surface area (Å²) in [5, 5.41) is 18.7. The maximum atomic E-state index is 11.9. The van der Waals surface area contributed by atoms with Crippen LogP contribution in [0.25, 0.3) is 0 Å². The predicted molar refractivity (Wildman–Crippen MR) is 81.8 cm³/mol. The highest BCUT2D eigenvalue weighted by Gasteiger charge is 2.27. The van der Waals surface area contributed by atoms with Crippen molar-refractivity contribution in [1.29, 1.82) is 0 Å². The average molecular weight is 299 g/mol. The molecular formula is C14H25N3O2S. The summed E-state index contributed by atoms with van der Waals surface area (Å²) in [6.07, 6.45) is 3.38. The van der Waals surface area contributed by atoms with Gasteiger partial charge in [-0.2, -0.15) is 0 Å². The SMILES string of the molecule is CCC(NC(=O)NCC(C)(O)C(C)CC)c1nccs1. The molecule has 0 radical (unpaired) electrons. The fourth-order valence-corrected chi connectivity index (χ4v) is 2.60. The number of carbonyl (C=O) groups is 1. The predicted octanol–water partition coefficient (Wildman–Crippen LogP) is 2.69. The van der Waals surface area contributed by atoms with Crippen molar-refractivity contribution >= 4 is 17.4 Å². The Labute approximate surface area is 124 Å². The minimum atomic E-state index is -0.894. The molecule has 3 atom stereocenters. The van der Waals surface area contributed by atoms with Crippen LogP contribution in [0.3, 0.4) is 0 Å². The summed E-state index contributed by atoms with van der Waals surface area (Å²) in [6.45, 7) is 7.99. The number of nitrogens with zero attached hydrogens (tertiary/aromatic N) is 1. The Balaban J connectivity index is 2.47. The van der Waals surface area contributed by atoms with E-state index < -0.39 is 5.60 Å². The Morgan fingerprint density at radius 1 is 1.50 bits per heavy atom. The first-order valence-electron chi connectivity index (χ1n) is 7.06. The van der Waals surface area contributed by atoms with Gasteiger partial charge in [0.25, 0.3) is 0 Å². The molecule has 1 aromatic heterocycles. The number of urea groups is 1. The van der Waals surface area contributed by atoms with Gasteiger partial charge in [0.1, 0.15) is 5.01 Å². The second-order valence-corrected chi connectivity index (χ2v) is 6.25. The lowest BCUT2D eigenvalue weighted by molar-refractivity contribution is 0.00783. The summed E-state index contributed by atoms with van der Waals surface area (Å²) in [7, 11) is 0. The standard InChI is InChI=1S/C14H25N3O2S/c1-5-10(3)14(4,19)9-16-13(18)17-11(6-2)12-15-7-8-20-12/h7-8,10-11,19H,5-6,9H2,1-4H3,(H2,16,17,18). The summed E-state index contributed by atoms with van der Waals surface area (Å²) in [6, 6.07) is -0.348.